The van der Waals surface area contributed by atoms with Gasteiger partial charge in [-0.05, 0) is 31.9 Å². The summed E-state index contributed by atoms with van der Waals surface area (Å²) in [6.45, 7) is 3.67. The minimum Gasteiger partial charge on any atom is -0.381 e. The van der Waals surface area contributed by atoms with E-state index in [-0.39, 0.29) is 5.92 Å². The second-order valence-electron chi connectivity index (χ2n) is 4.65. The number of hydrogen-bond acceptors (Lipinski definition) is 5. The van der Waals surface area contributed by atoms with Crippen molar-refractivity contribution in [2.24, 2.45) is 0 Å². The second kappa shape index (κ2) is 5.20. The molecule has 0 aromatic carbocycles. The minimum atomic E-state index is 0.282. The Morgan fingerprint density at radius 3 is 3.11 bits per heavy atom. The van der Waals surface area contributed by atoms with E-state index in [1.54, 1.807) is 11.3 Å². The third-order valence-corrected chi connectivity index (χ3v) is 4.12. The Morgan fingerprint density at radius 1 is 1.44 bits per heavy atom. The van der Waals surface area contributed by atoms with Gasteiger partial charge in [-0.3, -0.25) is 0 Å². The molecule has 1 atom stereocenters. The molecule has 5 heteroatoms. The summed E-state index contributed by atoms with van der Waals surface area (Å²) in [6.07, 6.45) is 2.92. The van der Waals surface area contributed by atoms with Crippen LogP contribution in [0.4, 0.5) is 0 Å². The lowest BCUT2D eigenvalue weighted by Crippen LogP contribution is -2.15. The van der Waals surface area contributed by atoms with E-state index >= 15 is 0 Å². The number of aryl methyl sites for hydroxylation is 1. The van der Waals surface area contributed by atoms with E-state index in [9.17, 15) is 0 Å². The highest BCUT2D eigenvalue weighted by Crippen LogP contribution is 2.24. The molecule has 3 heterocycles. The van der Waals surface area contributed by atoms with Gasteiger partial charge in [-0.1, -0.05) is 5.16 Å². The molecule has 18 heavy (non-hydrogen) atoms. The van der Waals surface area contributed by atoms with Crippen LogP contribution in [0.3, 0.4) is 0 Å². The molecule has 0 aliphatic carbocycles. The van der Waals surface area contributed by atoms with Crippen molar-refractivity contribution in [3.8, 4) is 0 Å². The van der Waals surface area contributed by atoms with Crippen molar-refractivity contribution in [3.63, 3.8) is 0 Å². The Hall–Kier alpha value is -1.20. The van der Waals surface area contributed by atoms with Crippen LogP contribution in [-0.4, -0.2) is 23.4 Å². The van der Waals surface area contributed by atoms with E-state index in [0.717, 1.165) is 37.6 Å². The molecule has 0 N–H and O–H groups in total. The first-order valence-corrected chi connectivity index (χ1v) is 7.08. The highest BCUT2D eigenvalue weighted by Gasteiger charge is 2.22. The molecular weight excluding hydrogens is 248 g/mol. The van der Waals surface area contributed by atoms with Crippen LogP contribution in [0.2, 0.25) is 0 Å². The molecule has 1 aliphatic heterocycles. The molecular formula is C13H16N2O2S. The van der Waals surface area contributed by atoms with Crippen LogP contribution in [0.1, 0.15) is 40.2 Å². The zero-order chi connectivity index (χ0) is 12.4. The van der Waals surface area contributed by atoms with Gasteiger partial charge in [0.25, 0.3) is 0 Å². The summed E-state index contributed by atoms with van der Waals surface area (Å²) in [6, 6.07) is 4.25. The summed E-state index contributed by atoms with van der Waals surface area (Å²) < 4.78 is 10.8. The molecule has 2 aromatic heterocycles. The summed E-state index contributed by atoms with van der Waals surface area (Å²) in [7, 11) is 0. The van der Waals surface area contributed by atoms with Crippen LogP contribution in [0.5, 0.6) is 0 Å². The Balaban J connectivity index is 1.69. The molecule has 96 valence electrons. The predicted molar refractivity (Wildman–Crippen MR) is 69.0 cm³/mol. The highest BCUT2D eigenvalue weighted by molar-refractivity contribution is 7.11. The van der Waals surface area contributed by atoms with Crippen LogP contribution in [0.15, 0.2) is 16.7 Å². The molecule has 0 bridgehead atoms. The number of aromatic nitrogens is 2. The summed E-state index contributed by atoms with van der Waals surface area (Å²) in [5.41, 5.74) is 0. The van der Waals surface area contributed by atoms with Crippen LogP contribution >= 0.6 is 11.3 Å². The molecule has 0 saturated carbocycles. The molecule has 1 fully saturated rings. The van der Waals surface area contributed by atoms with Crippen molar-refractivity contribution in [2.75, 3.05) is 13.2 Å². The lowest BCUT2D eigenvalue weighted by molar-refractivity contribution is 0.0705. The third kappa shape index (κ3) is 2.62. The van der Waals surface area contributed by atoms with Gasteiger partial charge in [0.2, 0.25) is 5.89 Å². The quantitative estimate of drug-likeness (QED) is 0.855. The Bertz CT molecular complexity index is 515. The number of rotatable bonds is 3. The summed E-state index contributed by atoms with van der Waals surface area (Å²) in [5.74, 6) is 1.79. The summed E-state index contributed by atoms with van der Waals surface area (Å²) in [5, 5.41) is 4.06. The molecule has 0 spiro atoms. The smallest absolute Gasteiger partial charge is 0.232 e. The van der Waals surface area contributed by atoms with Crippen molar-refractivity contribution in [3.05, 3.63) is 33.6 Å². The van der Waals surface area contributed by atoms with Gasteiger partial charge in [0.1, 0.15) is 0 Å². The van der Waals surface area contributed by atoms with Gasteiger partial charge in [-0.15, -0.1) is 11.3 Å². The molecule has 1 unspecified atom stereocenters. The van der Waals surface area contributed by atoms with Crippen molar-refractivity contribution in [1.29, 1.82) is 0 Å². The van der Waals surface area contributed by atoms with Crippen LogP contribution in [0, 0.1) is 6.92 Å². The second-order valence-corrected chi connectivity index (χ2v) is 6.02. The van der Waals surface area contributed by atoms with Crippen molar-refractivity contribution in [1.82, 2.24) is 10.1 Å². The molecule has 1 aliphatic rings. The number of thiophene rings is 1. The van der Waals surface area contributed by atoms with Gasteiger partial charge in [0.05, 0.1) is 12.5 Å². The maximum Gasteiger partial charge on any atom is 0.232 e. The molecule has 0 amide bonds. The first kappa shape index (κ1) is 11.9. The summed E-state index contributed by atoms with van der Waals surface area (Å²) >= 11 is 1.78. The normalized spacial score (nSPS) is 20.2. The topological polar surface area (TPSA) is 48.2 Å². The fraction of sp³-hybridized carbons (Fsp3) is 0.538. The molecule has 0 radical (unpaired) electrons. The van der Waals surface area contributed by atoms with Gasteiger partial charge in [-0.25, -0.2) is 0 Å². The number of nitrogens with zero attached hydrogens (tertiary/aromatic N) is 2. The van der Waals surface area contributed by atoms with E-state index in [1.807, 2.05) is 0 Å². The van der Waals surface area contributed by atoms with Gasteiger partial charge >= 0.3 is 0 Å². The first-order valence-electron chi connectivity index (χ1n) is 6.27. The molecule has 1 saturated heterocycles. The fourth-order valence-electron chi connectivity index (χ4n) is 2.18. The Labute approximate surface area is 110 Å². The molecule has 2 aromatic rings. The minimum absolute atomic E-state index is 0.282. The SMILES string of the molecule is Cc1ccc(Cc2noc(C3CCCOC3)n2)s1. The van der Waals surface area contributed by atoms with E-state index in [1.165, 1.54) is 9.75 Å². The van der Waals surface area contributed by atoms with E-state index in [4.69, 9.17) is 9.26 Å². The third-order valence-electron chi connectivity index (χ3n) is 3.12. The van der Waals surface area contributed by atoms with Gasteiger partial charge in [0.15, 0.2) is 5.82 Å². The van der Waals surface area contributed by atoms with Crippen molar-refractivity contribution < 1.29 is 9.26 Å². The van der Waals surface area contributed by atoms with Crippen LogP contribution < -0.4 is 0 Å². The lowest BCUT2D eigenvalue weighted by Gasteiger charge is -2.17. The molecule has 4 nitrogen and oxygen atoms in total. The lowest BCUT2D eigenvalue weighted by atomic mass is 10.0. The Morgan fingerprint density at radius 2 is 2.39 bits per heavy atom. The Kier molecular flexibility index (Phi) is 3.43. The number of ether oxygens (including phenoxy) is 1. The van der Waals surface area contributed by atoms with E-state index in [0.29, 0.717) is 6.61 Å². The van der Waals surface area contributed by atoms with E-state index in [2.05, 4.69) is 29.2 Å². The highest BCUT2D eigenvalue weighted by atomic mass is 32.1. The summed E-state index contributed by atoms with van der Waals surface area (Å²) in [4.78, 5) is 7.08. The zero-order valence-electron chi connectivity index (χ0n) is 10.4. The van der Waals surface area contributed by atoms with E-state index < -0.39 is 0 Å². The zero-order valence-corrected chi connectivity index (χ0v) is 11.2. The molecule has 3 rings (SSSR count). The average Bonchev–Trinajstić information content (AvgIpc) is 3.01. The van der Waals surface area contributed by atoms with Crippen LogP contribution in [0.25, 0.3) is 0 Å². The van der Waals surface area contributed by atoms with Crippen LogP contribution in [-0.2, 0) is 11.2 Å². The largest absolute Gasteiger partial charge is 0.381 e. The average molecular weight is 264 g/mol. The standard InChI is InChI=1S/C13H16N2O2S/c1-9-4-5-11(18-9)7-12-14-13(17-15-12)10-3-2-6-16-8-10/h4-5,10H,2-3,6-8H2,1H3. The maximum atomic E-state index is 5.44. The predicted octanol–water partition coefficient (Wildman–Crippen LogP) is 2.92. The van der Waals surface area contributed by atoms with Gasteiger partial charge in [-0.2, -0.15) is 4.98 Å². The maximum absolute atomic E-state index is 5.44. The van der Waals surface area contributed by atoms with Crippen molar-refractivity contribution in [2.45, 2.75) is 32.1 Å². The van der Waals surface area contributed by atoms with Gasteiger partial charge < -0.3 is 9.26 Å². The number of hydrogen-bond donors (Lipinski definition) is 0. The fourth-order valence-corrected chi connectivity index (χ4v) is 3.06. The van der Waals surface area contributed by atoms with Gasteiger partial charge in [0, 0.05) is 22.8 Å². The first-order chi connectivity index (χ1) is 8.81. The monoisotopic (exact) mass is 264 g/mol. The van der Waals surface area contributed by atoms with Crippen molar-refractivity contribution >= 4 is 11.3 Å².